The molecule has 2 aliphatic rings. The third kappa shape index (κ3) is 1.31. The van der Waals surface area contributed by atoms with E-state index in [9.17, 15) is 9.59 Å². The van der Waals surface area contributed by atoms with E-state index in [-0.39, 0.29) is 5.57 Å². The highest BCUT2D eigenvalue weighted by Gasteiger charge is 2.24. The van der Waals surface area contributed by atoms with Crippen LogP contribution in [0.1, 0.15) is 6.42 Å². The van der Waals surface area contributed by atoms with Crippen LogP contribution < -0.4 is 0 Å². The number of fused-ring (bicyclic) bond motifs is 1. The highest BCUT2D eigenvalue weighted by Crippen LogP contribution is 2.19. The standard InChI is InChI=1S/C10H7NO3/c12-9-7(10(13)14)5-6-3-1-2-4-8(6)11-9/h1-3,5H,4H2,(H,13,14). The second-order valence-electron chi connectivity index (χ2n) is 2.98. The lowest BCUT2D eigenvalue weighted by atomic mass is 9.97. The van der Waals surface area contributed by atoms with Crippen molar-refractivity contribution in [1.82, 2.24) is 0 Å². The van der Waals surface area contributed by atoms with Crippen molar-refractivity contribution in [3.05, 3.63) is 35.5 Å². The fourth-order valence-corrected chi connectivity index (χ4v) is 1.36. The zero-order valence-corrected chi connectivity index (χ0v) is 7.23. The molecule has 0 bridgehead atoms. The van der Waals surface area contributed by atoms with E-state index in [1.807, 2.05) is 12.2 Å². The van der Waals surface area contributed by atoms with Crippen molar-refractivity contribution in [1.29, 1.82) is 0 Å². The van der Waals surface area contributed by atoms with Crippen LogP contribution in [0.5, 0.6) is 0 Å². The molecular formula is C10H7NO3. The Morgan fingerprint density at radius 3 is 3.00 bits per heavy atom. The highest BCUT2D eigenvalue weighted by molar-refractivity contribution is 6.25. The van der Waals surface area contributed by atoms with Gasteiger partial charge in [0.25, 0.3) is 5.91 Å². The van der Waals surface area contributed by atoms with Crippen LogP contribution in [0.25, 0.3) is 0 Å². The van der Waals surface area contributed by atoms with Crippen molar-refractivity contribution in [2.24, 2.45) is 4.99 Å². The smallest absolute Gasteiger partial charge is 0.341 e. The van der Waals surface area contributed by atoms with Gasteiger partial charge < -0.3 is 5.11 Å². The topological polar surface area (TPSA) is 66.7 Å². The first-order chi connectivity index (χ1) is 6.68. The fourth-order valence-electron chi connectivity index (χ4n) is 1.36. The molecule has 1 aliphatic heterocycles. The molecule has 4 nitrogen and oxygen atoms in total. The normalized spacial score (nSPS) is 19.4. The molecule has 0 saturated carbocycles. The van der Waals surface area contributed by atoms with E-state index in [0.29, 0.717) is 17.7 Å². The first-order valence-corrected chi connectivity index (χ1v) is 4.12. The molecule has 0 unspecified atom stereocenters. The molecule has 1 heterocycles. The molecule has 0 radical (unpaired) electrons. The van der Waals surface area contributed by atoms with Crippen molar-refractivity contribution in [2.75, 3.05) is 0 Å². The van der Waals surface area contributed by atoms with Crippen LogP contribution in [-0.2, 0) is 9.59 Å². The second kappa shape index (κ2) is 3.06. The Labute approximate surface area is 80.0 Å². The Kier molecular flexibility index (Phi) is 1.89. The van der Waals surface area contributed by atoms with E-state index in [2.05, 4.69) is 4.99 Å². The first kappa shape index (κ1) is 8.62. The molecule has 1 N–H and O–H groups in total. The molecule has 0 fully saturated rings. The Bertz CT molecular complexity index is 438. The maximum Gasteiger partial charge on any atom is 0.341 e. The first-order valence-electron chi connectivity index (χ1n) is 4.12. The number of hydrogen-bond acceptors (Lipinski definition) is 2. The van der Waals surface area contributed by atoms with Crippen LogP contribution in [0.15, 0.2) is 40.4 Å². The third-order valence-electron chi connectivity index (χ3n) is 2.05. The SMILES string of the molecule is O=C(O)C1=CC2=CC=CCC2=NC1=O. The molecule has 14 heavy (non-hydrogen) atoms. The number of amides is 1. The molecule has 0 aromatic heterocycles. The molecule has 0 spiro atoms. The minimum absolute atomic E-state index is 0.268. The largest absolute Gasteiger partial charge is 0.477 e. The van der Waals surface area contributed by atoms with Crippen LogP contribution in [0.2, 0.25) is 0 Å². The van der Waals surface area contributed by atoms with Crippen molar-refractivity contribution < 1.29 is 14.7 Å². The molecule has 0 aromatic carbocycles. The van der Waals surface area contributed by atoms with Gasteiger partial charge in [0, 0.05) is 6.42 Å². The molecule has 1 aliphatic carbocycles. The van der Waals surface area contributed by atoms with Gasteiger partial charge in [-0.05, 0) is 11.6 Å². The van der Waals surface area contributed by atoms with Crippen molar-refractivity contribution in [2.45, 2.75) is 6.42 Å². The van der Waals surface area contributed by atoms with Gasteiger partial charge >= 0.3 is 5.97 Å². The molecule has 0 saturated heterocycles. The average Bonchev–Trinajstić information content (AvgIpc) is 2.16. The van der Waals surface area contributed by atoms with Crippen LogP contribution in [-0.4, -0.2) is 22.7 Å². The number of nitrogens with zero attached hydrogens (tertiary/aromatic N) is 1. The molecule has 0 atom stereocenters. The lowest BCUT2D eigenvalue weighted by Crippen LogP contribution is -2.19. The van der Waals surface area contributed by atoms with Crippen LogP contribution in [0, 0.1) is 0 Å². The summed E-state index contributed by atoms with van der Waals surface area (Å²) >= 11 is 0. The molecule has 70 valence electrons. The predicted molar refractivity (Wildman–Crippen MR) is 50.0 cm³/mol. The van der Waals surface area contributed by atoms with E-state index in [1.54, 1.807) is 6.08 Å². The van der Waals surface area contributed by atoms with Gasteiger partial charge in [0.15, 0.2) is 0 Å². The molecular weight excluding hydrogens is 182 g/mol. The van der Waals surface area contributed by atoms with Crippen molar-refractivity contribution in [3.8, 4) is 0 Å². The Balaban J connectivity index is 2.46. The number of carbonyl (C=O) groups excluding carboxylic acids is 1. The van der Waals surface area contributed by atoms with Gasteiger partial charge in [-0.1, -0.05) is 18.2 Å². The number of aliphatic imine (C=N–C) groups is 1. The summed E-state index contributed by atoms with van der Waals surface area (Å²) in [5.41, 5.74) is 1.09. The van der Waals surface area contributed by atoms with Gasteiger partial charge in [-0.15, -0.1) is 0 Å². The van der Waals surface area contributed by atoms with E-state index in [1.165, 1.54) is 6.08 Å². The van der Waals surface area contributed by atoms with E-state index < -0.39 is 11.9 Å². The lowest BCUT2D eigenvalue weighted by Gasteiger charge is -2.13. The van der Waals surface area contributed by atoms with E-state index >= 15 is 0 Å². The summed E-state index contributed by atoms with van der Waals surface area (Å²) in [7, 11) is 0. The lowest BCUT2D eigenvalue weighted by molar-refractivity contribution is -0.134. The van der Waals surface area contributed by atoms with Crippen LogP contribution in [0.3, 0.4) is 0 Å². The summed E-state index contributed by atoms with van der Waals surface area (Å²) in [5, 5.41) is 8.70. The number of aliphatic carboxylic acids is 1. The minimum Gasteiger partial charge on any atom is -0.477 e. The van der Waals surface area contributed by atoms with Crippen LogP contribution in [0.4, 0.5) is 0 Å². The quantitative estimate of drug-likeness (QED) is 0.622. The van der Waals surface area contributed by atoms with Crippen LogP contribution >= 0.6 is 0 Å². The van der Waals surface area contributed by atoms with Gasteiger partial charge in [-0.2, -0.15) is 0 Å². The summed E-state index contributed by atoms with van der Waals surface area (Å²) in [6, 6.07) is 0. The summed E-state index contributed by atoms with van der Waals surface area (Å²) in [4.78, 5) is 25.6. The summed E-state index contributed by atoms with van der Waals surface area (Å²) in [6.07, 6.45) is 7.39. The number of rotatable bonds is 1. The van der Waals surface area contributed by atoms with Gasteiger partial charge in [-0.25, -0.2) is 9.79 Å². The average molecular weight is 189 g/mol. The number of carboxylic acids is 1. The maximum absolute atomic E-state index is 11.2. The summed E-state index contributed by atoms with van der Waals surface area (Å²) in [6.45, 7) is 0. The van der Waals surface area contributed by atoms with E-state index in [4.69, 9.17) is 5.11 Å². The minimum atomic E-state index is -1.23. The summed E-state index contributed by atoms with van der Waals surface area (Å²) in [5.74, 6) is -1.90. The number of dihydropyridines is 1. The predicted octanol–water partition coefficient (Wildman–Crippen LogP) is 0.865. The number of hydrogen-bond donors (Lipinski definition) is 1. The van der Waals surface area contributed by atoms with E-state index in [0.717, 1.165) is 0 Å². The number of allylic oxidation sites excluding steroid dienone is 5. The zero-order chi connectivity index (χ0) is 10.1. The third-order valence-corrected chi connectivity index (χ3v) is 2.05. The highest BCUT2D eigenvalue weighted by atomic mass is 16.4. The number of carboxylic acid groups (broad SMARTS) is 1. The Hall–Kier alpha value is -1.97. The molecule has 1 amide bonds. The molecule has 0 aromatic rings. The van der Waals surface area contributed by atoms with Crippen molar-refractivity contribution >= 4 is 17.6 Å². The molecule has 2 rings (SSSR count). The van der Waals surface area contributed by atoms with Gasteiger partial charge in [0.1, 0.15) is 5.57 Å². The number of carbonyl (C=O) groups is 2. The summed E-state index contributed by atoms with van der Waals surface area (Å²) < 4.78 is 0. The zero-order valence-electron chi connectivity index (χ0n) is 7.23. The van der Waals surface area contributed by atoms with Gasteiger partial charge in [0.05, 0.1) is 5.71 Å². The van der Waals surface area contributed by atoms with Crippen molar-refractivity contribution in [3.63, 3.8) is 0 Å². The van der Waals surface area contributed by atoms with Gasteiger partial charge in [-0.3, -0.25) is 4.79 Å². The Morgan fingerprint density at radius 1 is 1.50 bits per heavy atom. The Morgan fingerprint density at radius 2 is 2.29 bits per heavy atom. The molecule has 4 heteroatoms. The maximum atomic E-state index is 11.2. The van der Waals surface area contributed by atoms with Gasteiger partial charge in [0.2, 0.25) is 0 Å². The fraction of sp³-hybridized carbons (Fsp3) is 0.100. The monoisotopic (exact) mass is 189 g/mol. The second-order valence-corrected chi connectivity index (χ2v) is 2.98.